The predicted molar refractivity (Wildman–Crippen MR) is 85.8 cm³/mol. The zero-order valence-corrected chi connectivity index (χ0v) is 13.8. The molecule has 0 saturated heterocycles. The molecule has 138 valence electrons. The highest BCUT2D eigenvalue weighted by Crippen LogP contribution is 2.33. The van der Waals surface area contributed by atoms with Crippen molar-refractivity contribution in [2.24, 2.45) is 0 Å². The number of nitrogens with zero attached hydrogens (tertiary/aromatic N) is 1. The van der Waals surface area contributed by atoms with Gasteiger partial charge in [0.1, 0.15) is 23.2 Å². The maximum atomic E-state index is 12.7. The molecule has 2 N–H and O–H groups in total. The number of rotatable bonds is 5. The second-order valence-corrected chi connectivity index (χ2v) is 5.36. The van der Waals surface area contributed by atoms with Crippen LogP contribution in [0, 0.1) is 0 Å². The van der Waals surface area contributed by atoms with E-state index >= 15 is 0 Å². The van der Waals surface area contributed by atoms with Crippen molar-refractivity contribution in [1.82, 2.24) is 10.3 Å². The van der Waals surface area contributed by atoms with E-state index in [4.69, 9.17) is 9.84 Å². The maximum absolute atomic E-state index is 12.7. The number of pyridine rings is 1. The fraction of sp³-hybridized carbons (Fsp3) is 0.235. The van der Waals surface area contributed by atoms with Crippen LogP contribution in [0.3, 0.4) is 0 Å². The number of benzene rings is 1. The second kappa shape index (κ2) is 7.42. The molecule has 0 saturated carbocycles. The molecule has 0 fully saturated rings. The Morgan fingerprint density at radius 3 is 2.27 bits per heavy atom. The number of ether oxygens (including phenoxy) is 1. The van der Waals surface area contributed by atoms with Crippen molar-refractivity contribution < 1.29 is 32.6 Å². The van der Waals surface area contributed by atoms with Crippen molar-refractivity contribution in [3.05, 3.63) is 47.7 Å². The molecule has 6 nitrogen and oxygen atoms in total. The number of carboxylic acids is 1. The molecule has 1 atom stereocenters. The van der Waals surface area contributed by atoms with E-state index in [0.717, 1.165) is 12.1 Å². The van der Waals surface area contributed by atoms with Gasteiger partial charge in [0, 0.05) is 5.56 Å². The number of halogens is 3. The van der Waals surface area contributed by atoms with E-state index in [-0.39, 0.29) is 17.1 Å². The van der Waals surface area contributed by atoms with Crippen LogP contribution in [-0.2, 0) is 11.0 Å². The number of carbonyl (C=O) groups excluding carboxylic acids is 1. The number of amides is 1. The van der Waals surface area contributed by atoms with Gasteiger partial charge in [0.05, 0.1) is 12.7 Å². The van der Waals surface area contributed by atoms with E-state index < -0.39 is 29.7 Å². The summed E-state index contributed by atoms with van der Waals surface area (Å²) in [5.74, 6) is -1.68. The largest absolute Gasteiger partial charge is 0.494 e. The highest BCUT2D eigenvalue weighted by atomic mass is 19.4. The van der Waals surface area contributed by atoms with Gasteiger partial charge in [0.25, 0.3) is 5.91 Å². The molecular formula is C17H15F3N2O4. The van der Waals surface area contributed by atoms with Gasteiger partial charge in [0.15, 0.2) is 0 Å². The molecule has 9 heteroatoms. The Morgan fingerprint density at radius 1 is 1.15 bits per heavy atom. The highest BCUT2D eigenvalue weighted by molar-refractivity contribution is 5.95. The number of alkyl halides is 3. The third-order valence-corrected chi connectivity index (χ3v) is 3.51. The normalized spacial score (nSPS) is 12.3. The van der Waals surface area contributed by atoms with Crippen molar-refractivity contribution in [3.63, 3.8) is 0 Å². The average Bonchev–Trinajstić information content (AvgIpc) is 2.60. The number of hydrogen-bond acceptors (Lipinski definition) is 4. The molecule has 0 spiro atoms. The number of hydrogen-bond donors (Lipinski definition) is 2. The Labute approximate surface area is 146 Å². The minimum absolute atomic E-state index is 0.0891. The highest BCUT2D eigenvalue weighted by Gasteiger charge is 2.30. The van der Waals surface area contributed by atoms with Gasteiger partial charge in [-0.15, -0.1) is 0 Å². The van der Waals surface area contributed by atoms with Gasteiger partial charge in [0.2, 0.25) is 0 Å². The van der Waals surface area contributed by atoms with Crippen LogP contribution in [0.5, 0.6) is 5.75 Å². The lowest BCUT2D eigenvalue weighted by Crippen LogP contribution is -2.38. The fourth-order valence-corrected chi connectivity index (χ4v) is 2.09. The third kappa shape index (κ3) is 4.29. The van der Waals surface area contributed by atoms with Crippen molar-refractivity contribution in [2.75, 3.05) is 7.11 Å². The number of carbonyl (C=O) groups is 2. The second-order valence-electron chi connectivity index (χ2n) is 5.36. The summed E-state index contributed by atoms with van der Waals surface area (Å²) < 4.78 is 43.2. The Hall–Kier alpha value is -3.10. The molecule has 1 heterocycles. The first-order chi connectivity index (χ1) is 12.1. The average molecular weight is 368 g/mol. The lowest BCUT2D eigenvalue weighted by Gasteiger charge is -2.13. The summed E-state index contributed by atoms with van der Waals surface area (Å²) in [7, 11) is 1.36. The van der Waals surface area contributed by atoms with Gasteiger partial charge in [-0.2, -0.15) is 13.2 Å². The number of aromatic nitrogens is 1. The molecule has 0 bridgehead atoms. The number of carboxylic acid groups (broad SMARTS) is 1. The van der Waals surface area contributed by atoms with Crippen LogP contribution < -0.4 is 10.1 Å². The zero-order valence-electron chi connectivity index (χ0n) is 13.8. The molecule has 0 aliphatic heterocycles. The van der Waals surface area contributed by atoms with Gasteiger partial charge < -0.3 is 15.2 Å². The van der Waals surface area contributed by atoms with Crippen LogP contribution in [-0.4, -0.2) is 35.1 Å². The maximum Gasteiger partial charge on any atom is 0.416 e. The zero-order chi connectivity index (χ0) is 19.5. The summed E-state index contributed by atoms with van der Waals surface area (Å²) in [6.45, 7) is 1.29. The topological polar surface area (TPSA) is 88.5 Å². The van der Waals surface area contributed by atoms with Gasteiger partial charge in [-0.25, -0.2) is 4.98 Å². The summed E-state index contributed by atoms with van der Waals surface area (Å²) in [6.07, 6.45) is -4.47. The monoisotopic (exact) mass is 368 g/mol. The van der Waals surface area contributed by atoms with E-state index in [0.29, 0.717) is 5.56 Å². The van der Waals surface area contributed by atoms with Crippen molar-refractivity contribution in [2.45, 2.75) is 19.1 Å². The summed E-state index contributed by atoms with van der Waals surface area (Å²) in [5.41, 5.74) is -0.425. The molecular weight excluding hydrogens is 353 g/mol. The van der Waals surface area contributed by atoms with E-state index in [2.05, 4.69) is 10.3 Å². The number of nitrogens with one attached hydrogen (secondary N) is 1. The van der Waals surface area contributed by atoms with Crippen LogP contribution >= 0.6 is 0 Å². The van der Waals surface area contributed by atoms with Gasteiger partial charge >= 0.3 is 12.1 Å². The van der Waals surface area contributed by atoms with Crippen LogP contribution in [0.2, 0.25) is 0 Å². The lowest BCUT2D eigenvalue weighted by atomic mass is 10.1. The SMILES string of the molecule is COc1ccc(C(=O)NC(C)C(=O)O)nc1-c1ccc(C(F)(F)F)cc1. The van der Waals surface area contributed by atoms with Crippen LogP contribution in [0.15, 0.2) is 36.4 Å². The number of aliphatic carboxylic acids is 1. The summed E-state index contributed by atoms with van der Waals surface area (Å²) in [5, 5.41) is 11.1. The quantitative estimate of drug-likeness (QED) is 0.847. The smallest absolute Gasteiger partial charge is 0.416 e. The Morgan fingerprint density at radius 2 is 1.77 bits per heavy atom. The molecule has 2 aromatic rings. The first-order valence-electron chi connectivity index (χ1n) is 7.40. The Balaban J connectivity index is 2.38. The van der Waals surface area contributed by atoms with E-state index in [9.17, 15) is 22.8 Å². The van der Waals surface area contributed by atoms with E-state index in [1.165, 1.54) is 38.3 Å². The number of methoxy groups -OCH3 is 1. The molecule has 1 aromatic heterocycles. The minimum Gasteiger partial charge on any atom is -0.494 e. The van der Waals surface area contributed by atoms with Crippen LogP contribution in [0.1, 0.15) is 23.0 Å². The minimum atomic E-state index is -4.47. The van der Waals surface area contributed by atoms with Gasteiger partial charge in [-0.3, -0.25) is 9.59 Å². The molecule has 1 unspecified atom stereocenters. The summed E-state index contributed by atoms with van der Waals surface area (Å²) in [4.78, 5) is 27.0. The first-order valence-corrected chi connectivity index (χ1v) is 7.40. The van der Waals surface area contributed by atoms with Crippen molar-refractivity contribution in [3.8, 4) is 17.0 Å². The molecule has 2 rings (SSSR count). The summed E-state index contributed by atoms with van der Waals surface area (Å²) >= 11 is 0. The van der Waals surface area contributed by atoms with Crippen molar-refractivity contribution in [1.29, 1.82) is 0 Å². The summed E-state index contributed by atoms with van der Waals surface area (Å²) in [6, 6.07) is 5.87. The molecule has 1 amide bonds. The van der Waals surface area contributed by atoms with Crippen LogP contribution in [0.25, 0.3) is 11.3 Å². The Kier molecular flexibility index (Phi) is 5.49. The molecule has 0 aliphatic rings. The predicted octanol–water partition coefficient (Wildman–Crippen LogP) is 2.98. The van der Waals surface area contributed by atoms with Crippen molar-refractivity contribution >= 4 is 11.9 Å². The van der Waals surface area contributed by atoms with Gasteiger partial charge in [-0.05, 0) is 31.2 Å². The molecule has 1 aromatic carbocycles. The third-order valence-electron chi connectivity index (χ3n) is 3.51. The van der Waals surface area contributed by atoms with E-state index in [1.807, 2.05) is 0 Å². The fourth-order valence-electron chi connectivity index (χ4n) is 2.09. The lowest BCUT2D eigenvalue weighted by molar-refractivity contribution is -0.139. The molecule has 0 radical (unpaired) electrons. The standard InChI is InChI=1S/C17H15F3N2O4/c1-9(16(24)25)21-15(23)12-7-8-13(26-2)14(22-12)10-3-5-11(6-4-10)17(18,19)20/h3-9H,1-2H3,(H,21,23)(H,24,25). The van der Waals surface area contributed by atoms with E-state index in [1.54, 1.807) is 0 Å². The van der Waals surface area contributed by atoms with Crippen LogP contribution in [0.4, 0.5) is 13.2 Å². The first kappa shape index (κ1) is 19.2. The molecule has 26 heavy (non-hydrogen) atoms. The molecule has 0 aliphatic carbocycles. The van der Waals surface area contributed by atoms with Gasteiger partial charge in [-0.1, -0.05) is 12.1 Å². The Bertz CT molecular complexity index is 820.